The van der Waals surface area contributed by atoms with Crippen LogP contribution >= 0.6 is 11.6 Å². The summed E-state index contributed by atoms with van der Waals surface area (Å²) in [6, 6.07) is 6.89. The zero-order valence-corrected chi connectivity index (χ0v) is 9.47. The summed E-state index contributed by atoms with van der Waals surface area (Å²) in [7, 11) is 0. The molecule has 0 saturated heterocycles. The molecule has 0 aliphatic carbocycles. The smallest absolute Gasteiger partial charge is 0.167 e. The van der Waals surface area contributed by atoms with Gasteiger partial charge < -0.3 is 4.74 Å². The lowest BCUT2D eigenvalue weighted by molar-refractivity contribution is -0.118. The molecule has 3 heteroatoms. The molecule has 1 aromatic rings. The van der Waals surface area contributed by atoms with Gasteiger partial charge in [0.15, 0.2) is 5.78 Å². The van der Waals surface area contributed by atoms with E-state index >= 15 is 0 Å². The molecule has 0 bridgehead atoms. The van der Waals surface area contributed by atoms with Crippen molar-refractivity contribution in [3.8, 4) is 5.75 Å². The predicted molar refractivity (Wildman–Crippen MR) is 59.0 cm³/mol. The Morgan fingerprint density at radius 3 is 2.21 bits per heavy atom. The lowest BCUT2D eigenvalue weighted by Gasteiger charge is -2.02. The minimum atomic E-state index is 0.00458. The minimum absolute atomic E-state index is 0.00458. The van der Waals surface area contributed by atoms with Gasteiger partial charge in [-0.1, -0.05) is 25.4 Å². The molecule has 1 rings (SSSR count). The van der Waals surface area contributed by atoms with Crippen LogP contribution in [0.15, 0.2) is 24.3 Å². The second-order valence-electron chi connectivity index (χ2n) is 2.44. The van der Waals surface area contributed by atoms with E-state index in [4.69, 9.17) is 16.3 Å². The molecule has 0 aromatic heterocycles. The van der Waals surface area contributed by atoms with E-state index in [0.29, 0.717) is 10.8 Å². The van der Waals surface area contributed by atoms with Crippen LogP contribution in [0.5, 0.6) is 5.75 Å². The summed E-state index contributed by atoms with van der Waals surface area (Å²) in [5, 5.41) is 0.658. The summed E-state index contributed by atoms with van der Waals surface area (Å²) in [5.41, 5.74) is 0. The minimum Gasteiger partial charge on any atom is -0.486 e. The Hall–Kier alpha value is -1.02. The molecular formula is C11H15ClO2. The van der Waals surface area contributed by atoms with Crippen LogP contribution in [0.25, 0.3) is 0 Å². The SMILES string of the molecule is CC.CC(=O)COc1ccc(Cl)cc1. The van der Waals surface area contributed by atoms with E-state index in [2.05, 4.69) is 0 Å². The Labute approximate surface area is 89.8 Å². The van der Waals surface area contributed by atoms with E-state index in [1.165, 1.54) is 6.92 Å². The van der Waals surface area contributed by atoms with Crippen LogP contribution < -0.4 is 4.74 Å². The normalized spacial score (nSPS) is 8.57. The van der Waals surface area contributed by atoms with E-state index in [0.717, 1.165) is 0 Å². The molecule has 0 radical (unpaired) electrons. The monoisotopic (exact) mass is 214 g/mol. The van der Waals surface area contributed by atoms with E-state index in [-0.39, 0.29) is 12.4 Å². The first kappa shape index (κ1) is 13.0. The van der Waals surface area contributed by atoms with Gasteiger partial charge in [-0.3, -0.25) is 4.79 Å². The maximum Gasteiger partial charge on any atom is 0.167 e. The third kappa shape index (κ3) is 5.60. The van der Waals surface area contributed by atoms with Crippen molar-refractivity contribution in [2.45, 2.75) is 20.8 Å². The average Bonchev–Trinajstić information content (AvgIpc) is 2.20. The number of Topliss-reactive ketones (excluding diaryl/α,β-unsaturated/α-hetero) is 1. The molecule has 0 saturated carbocycles. The van der Waals surface area contributed by atoms with E-state index < -0.39 is 0 Å². The largest absolute Gasteiger partial charge is 0.486 e. The molecule has 78 valence electrons. The number of rotatable bonds is 3. The fourth-order valence-corrected chi connectivity index (χ4v) is 0.842. The number of hydrogen-bond acceptors (Lipinski definition) is 2. The molecule has 0 aliphatic rings. The first-order valence-corrected chi connectivity index (χ1v) is 4.94. The molecule has 0 amide bonds. The highest BCUT2D eigenvalue weighted by Gasteiger charge is 1.95. The molecule has 0 heterocycles. The third-order valence-electron chi connectivity index (χ3n) is 1.26. The van der Waals surface area contributed by atoms with Gasteiger partial charge >= 0.3 is 0 Å². The van der Waals surface area contributed by atoms with Gasteiger partial charge in [-0.05, 0) is 31.2 Å². The van der Waals surface area contributed by atoms with Crippen molar-refractivity contribution in [1.82, 2.24) is 0 Å². The maximum atomic E-state index is 10.5. The Morgan fingerprint density at radius 2 is 1.79 bits per heavy atom. The van der Waals surface area contributed by atoms with Crippen LogP contribution in [0, 0.1) is 0 Å². The zero-order chi connectivity index (χ0) is 11.0. The van der Waals surface area contributed by atoms with E-state index in [1.807, 2.05) is 13.8 Å². The van der Waals surface area contributed by atoms with Crippen LogP contribution in [0.4, 0.5) is 0 Å². The standard InChI is InChI=1S/C9H9ClO2.C2H6/c1-7(11)6-12-9-4-2-8(10)3-5-9;1-2/h2-5H,6H2,1H3;1-2H3. The highest BCUT2D eigenvalue weighted by Crippen LogP contribution is 2.15. The van der Waals surface area contributed by atoms with Crippen molar-refractivity contribution in [3.63, 3.8) is 0 Å². The number of benzene rings is 1. The van der Waals surface area contributed by atoms with Gasteiger partial charge in [-0.25, -0.2) is 0 Å². The Morgan fingerprint density at radius 1 is 1.29 bits per heavy atom. The highest BCUT2D eigenvalue weighted by atomic mass is 35.5. The second kappa shape index (κ2) is 7.39. The van der Waals surface area contributed by atoms with Crippen molar-refractivity contribution in [2.75, 3.05) is 6.61 Å². The van der Waals surface area contributed by atoms with Gasteiger partial charge in [-0.2, -0.15) is 0 Å². The maximum absolute atomic E-state index is 10.5. The highest BCUT2D eigenvalue weighted by molar-refractivity contribution is 6.30. The van der Waals surface area contributed by atoms with Crippen LogP contribution in [0.1, 0.15) is 20.8 Å². The molecule has 0 N–H and O–H groups in total. The van der Waals surface area contributed by atoms with Crippen LogP contribution in [-0.4, -0.2) is 12.4 Å². The fourth-order valence-electron chi connectivity index (χ4n) is 0.716. The lowest BCUT2D eigenvalue weighted by atomic mass is 10.3. The molecule has 0 fully saturated rings. The van der Waals surface area contributed by atoms with Crippen molar-refractivity contribution >= 4 is 17.4 Å². The quantitative estimate of drug-likeness (QED) is 0.772. The first-order valence-electron chi connectivity index (χ1n) is 4.56. The third-order valence-corrected chi connectivity index (χ3v) is 1.51. The molecular weight excluding hydrogens is 200 g/mol. The first-order chi connectivity index (χ1) is 6.68. The predicted octanol–water partition coefficient (Wildman–Crippen LogP) is 3.33. The number of ether oxygens (including phenoxy) is 1. The Kier molecular flexibility index (Phi) is 6.85. The number of ketones is 1. The summed E-state index contributed by atoms with van der Waals surface area (Å²) in [5.74, 6) is 0.666. The Bertz CT molecular complexity index is 267. The zero-order valence-electron chi connectivity index (χ0n) is 8.71. The Balaban J connectivity index is 0.000000791. The van der Waals surface area contributed by atoms with E-state index in [9.17, 15) is 4.79 Å². The van der Waals surface area contributed by atoms with Crippen molar-refractivity contribution in [3.05, 3.63) is 29.3 Å². The molecule has 0 atom stereocenters. The van der Waals surface area contributed by atoms with Gasteiger partial charge in [0, 0.05) is 5.02 Å². The van der Waals surface area contributed by atoms with Crippen molar-refractivity contribution in [1.29, 1.82) is 0 Å². The number of carbonyl (C=O) groups is 1. The second-order valence-corrected chi connectivity index (χ2v) is 2.88. The summed E-state index contributed by atoms with van der Waals surface area (Å²) in [6.45, 7) is 5.59. The van der Waals surface area contributed by atoms with E-state index in [1.54, 1.807) is 24.3 Å². The summed E-state index contributed by atoms with van der Waals surface area (Å²) < 4.78 is 5.11. The van der Waals surface area contributed by atoms with Gasteiger partial charge in [0.25, 0.3) is 0 Å². The van der Waals surface area contributed by atoms with Crippen LogP contribution in [0.3, 0.4) is 0 Å². The topological polar surface area (TPSA) is 26.3 Å². The van der Waals surface area contributed by atoms with Gasteiger partial charge in [-0.15, -0.1) is 0 Å². The van der Waals surface area contributed by atoms with Crippen molar-refractivity contribution < 1.29 is 9.53 Å². The molecule has 1 aromatic carbocycles. The van der Waals surface area contributed by atoms with Crippen LogP contribution in [0.2, 0.25) is 5.02 Å². The average molecular weight is 215 g/mol. The summed E-state index contributed by atoms with van der Waals surface area (Å²) in [6.07, 6.45) is 0. The molecule has 0 spiro atoms. The number of carbonyl (C=O) groups excluding carboxylic acids is 1. The number of hydrogen-bond donors (Lipinski definition) is 0. The molecule has 2 nitrogen and oxygen atoms in total. The number of halogens is 1. The summed E-state index contributed by atoms with van der Waals surface area (Å²) >= 11 is 5.65. The molecule has 0 aliphatic heterocycles. The summed E-state index contributed by atoms with van der Waals surface area (Å²) in [4.78, 5) is 10.5. The van der Waals surface area contributed by atoms with Gasteiger partial charge in [0.2, 0.25) is 0 Å². The van der Waals surface area contributed by atoms with Crippen molar-refractivity contribution in [2.24, 2.45) is 0 Å². The van der Waals surface area contributed by atoms with Crippen LogP contribution in [-0.2, 0) is 4.79 Å². The van der Waals surface area contributed by atoms with Gasteiger partial charge in [0.1, 0.15) is 12.4 Å². The molecule has 0 unspecified atom stereocenters. The fraction of sp³-hybridized carbons (Fsp3) is 0.364. The lowest BCUT2D eigenvalue weighted by Crippen LogP contribution is -2.06. The van der Waals surface area contributed by atoms with Gasteiger partial charge in [0.05, 0.1) is 0 Å². The molecule has 14 heavy (non-hydrogen) atoms.